The van der Waals surface area contributed by atoms with Gasteiger partial charge in [0.25, 0.3) is 0 Å². The molecule has 1 heterocycles. The lowest BCUT2D eigenvalue weighted by molar-refractivity contribution is 0.0486. The fraction of sp³-hybridized carbons (Fsp3) is 0.467. The van der Waals surface area contributed by atoms with Crippen LogP contribution in [-0.4, -0.2) is 28.2 Å². The number of terminal acetylenes is 1. The summed E-state index contributed by atoms with van der Waals surface area (Å²) in [6, 6.07) is -0.492. The highest BCUT2D eigenvalue weighted by molar-refractivity contribution is 5.29. The van der Waals surface area contributed by atoms with Gasteiger partial charge in [-0.25, -0.2) is 4.39 Å². The molecule has 1 N–H and O–H groups in total. The summed E-state index contributed by atoms with van der Waals surface area (Å²) >= 11 is 0. The Morgan fingerprint density at radius 1 is 1.61 bits per heavy atom. The van der Waals surface area contributed by atoms with Crippen molar-refractivity contribution >= 4 is 0 Å². The molecule has 0 spiro atoms. The second kappa shape index (κ2) is 5.88. The molecule has 0 saturated carbocycles. The number of β-amino-alcohol motifs (C(OH)–C–C–N with tert-alkyl or cyclic N) is 1. The van der Waals surface area contributed by atoms with Crippen molar-refractivity contribution in [1.82, 2.24) is 4.90 Å². The third kappa shape index (κ3) is 4.38. The molecule has 0 bridgehead atoms. The minimum absolute atomic E-state index is 0.303. The number of nitrogens with zero attached hydrogens (tertiary/aromatic N) is 1. The Balaban J connectivity index is 3.04. The van der Waals surface area contributed by atoms with E-state index in [4.69, 9.17) is 6.42 Å². The summed E-state index contributed by atoms with van der Waals surface area (Å²) in [6.45, 7) is 5.47. The van der Waals surface area contributed by atoms with Crippen LogP contribution in [0.1, 0.15) is 27.2 Å². The summed E-state index contributed by atoms with van der Waals surface area (Å²) in [5.41, 5.74) is -0.301. The van der Waals surface area contributed by atoms with Crippen molar-refractivity contribution in [3.63, 3.8) is 0 Å². The minimum atomic E-state index is -0.889. The molecule has 1 unspecified atom stereocenters. The van der Waals surface area contributed by atoms with E-state index in [1.54, 1.807) is 25.7 Å². The van der Waals surface area contributed by atoms with Gasteiger partial charge in [-0.2, -0.15) is 0 Å². The summed E-state index contributed by atoms with van der Waals surface area (Å²) in [5.74, 6) is 2.24. The van der Waals surface area contributed by atoms with Gasteiger partial charge < -0.3 is 10.0 Å². The Kier molecular flexibility index (Phi) is 4.75. The standard InChI is InChI=1S/C15H20FNO/c1-5-13-10-14(16)12(2)8-6-7-9-17(13)11-15(3,4)18/h1,7-10,13,18H,6,11H2,2-4H3/b9-7-,12-8-,14-10+. The molecule has 0 aliphatic carbocycles. The van der Waals surface area contributed by atoms with Crippen LogP contribution in [0.3, 0.4) is 0 Å². The lowest BCUT2D eigenvalue weighted by Gasteiger charge is -2.30. The Morgan fingerprint density at radius 3 is 2.83 bits per heavy atom. The Morgan fingerprint density at radius 2 is 2.28 bits per heavy atom. The van der Waals surface area contributed by atoms with Crippen LogP contribution in [0.15, 0.2) is 35.8 Å². The molecule has 0 aromatic heterocycles. The molecule has 1 aliphatic rings. The zero-order valence-corrected chi connectivity index (χ0v) is 11.2. The van der Waals surface area contributed by atoms with Crippen LogP contribution >= 0.6 is 0 Å². The SMILES string of the molecule is C#CC1/C=C(F)\C(C)=C/C/C=C\N1CC(C)(C)O. The van der Waals surface area contributed by atoms with Crippen LogP contribution in [0.4, 0.5) is 4.39 Å². The summed E-state index contributed by atoms with van der Waals surface area (Å²) in [7, 11) is 0. The van der Waals surface area contributed by atoms with Crippen molar-refractivity contribution in [1.29, 1.82) is 0 Å². The number of hydrogen-bond donors (Lipinski definition) is 1. The molecular weight excluding hydrogens is 229 g/mol. The highest BCUT2D eigenvalue weighted by atomic mass is 19.1. The van der Waals surface area contributed by atoms with Crippen LogP contribution < -0.4 is 0 Å². The number of aliphatic hydroxyl groups is 1. The first-order valence-electron chi connectivity index (χ1n) is 5.99. The van der Waals surface area contributed by atoms with Gasteiger partial charge in [0.2, 0.25) is 0 Å². The molecule has 0 aromatic rings. The first-order chi connectivity index (χ1) is 8.33. The second-order valence-electron chi connectivity index (χ2n) is 5.12. The van der Waals surface area contributed by atoms with E-state index in [9.17, 15) is 9.50 Å². The van der Waals surface area contributed by atoms with Gasteiger partial charge >= 0.3 is 0 Å². The van der Waals surface area contributed by atoms with Gasteiger partial charge in [-0.15, -0.1) is 6.42 Å². The van der Waals surface area contributed by atoms with Crippen molar-refractivity contribution in [2.24, 2.45) is 0 Å². The topological polar surface area (TPSA) is 23.5 Å². The molecule has 18 heavy (non-hydrogen) atoms. The average Bonchev–Trinajstić information content (AvgIpc) is 2.32. The summed E-state index contributed by atoms with van der Waals surface area (Å²) in [5, 5.41) is 9.86. The molecule has 1 aliphatic heterocycles. The van der Waals surface area contributed by atoms with E-state index in [2.05, 4.69) is 5.92 Å². The van der Waals surface area contributed by atoms with Gasteiger partial charge in [-0.05, 0) is 45.0 Å². The van der Waals surface area contributed by atoms with Crippen LogP contribution in [-0.2, 0) is 0 Å². The zero-order chi connectivity index (χ0) is 13.8. The molecule has 98 valence electrons. The van der Waals surface area contributed by atoms with E-state index in [1.807, 2.05) is 18.4 Å². The highest BCUT2D eigenvalue weighted by Gasteiger charge is 2.21. The van der Waals surface area contributed by atoms with Gasteiger partial charge in [0.05, 0.1) is 5.60 Å². The predicted octanol–water partition coefficient (Wildman–Crippen LogP) is 2.78. The van der Waals surface area contributed by atoms with Crippen molar-refractivity contribution in [2.75, 3.05) is 6.54 Å². The fourth-order valence-corrected chi connectivity index (χ4v) is 1.74. The number of halogens is 1. The Bertz CT molecular complexity index is 421. The van der Waals surface area contributed by atoms with Crippen molar-refractivity contribution in [3.8, 4) is 12.3 Å². The third-order valence-corrected chi connectivity index (χ3v) is 2.64. The molecule has 0 radical (unpaired) electrons. The molecule has 1 rings (SSSR count). The maximum absolute atomic E-state index is 13.8. The quantitative estimate of drug-likeness (QED) is 0.761. The minimum Gasteiger partial charge on any atom is -0.389 e. The van der Waals surface area contributed by atoms with E-state index < -0.39 is 11.6 Å². The van der Waals surface area contributed by atoms with Gasteiger partial charge in [0.1, 0.15) is 11.9 Å². The van der Waals surface area contributed by atoms with Gasteiger partial charge in [-0.3, -0.25) is 0 Å². The maximum Gasteiger partial charge on any atom is 0.124 e. The van der Waals surface area contributed by atoms with E-state index >= 15 is 0 Å². The smallest absolute Gasteiger partial charge is 0.124 e. The Labute approximate surface area is 108 Å². The highest BCUT2D eigenvalue weighted by Crippen LogP contribution is 2.18. The van der Waals surface area contributed by atoms with E-state index in [-0.39, 0.29) is 5.83 Å². The van der Waals surface area contributed by atoms with Crippen LogP contribution in [0.2, 0.25) is 0 Å². The molecule has 3 heteroatoms. The van der Waals surface area contributed by atoms with Gasteiger partial charge in [0, 0.05) is 6.54 Å². The first-order valence-corrected chi connectivity index (χ1v) is 5.99. The lowest BCUT2D eigenvalue weighted by Crippen LogP contribution is -2.40. The molecule has 0 aromatic carbocycles. The first kappa shape index (κ1) is 14.5. The molecular formula is C15H20FNO. The summed E-state index contributed by atoms with van der Waals surface area (Å²) in [6.07, 6.45) is 13.0. The normalized spacial score (nSPS) is 28.9. The molecule has 1 atom stereocenters. The second-order valence-corrected chi connectivity index (χ2v) is 5.12. The number of rotatable bonds is 2. The van der Waals surface area contributed by atoms with Gasteiger partial charge in [-0.1, -0.05) is 18.1 Å². The Hall–Kier alpha value is -1.53. The van der Waals surface area contributed by atoms with E-state index in [0.717, 1.165) is 0 Å². The molecule has 0 saturated heterocycles. The van der Waals surface area contributed by atoms with Crippen molar-refractivity contribution < 1.29 is 9.50 Å². The van der Waals surface area contributed by atoms with Gasteiger partial charge in [0.15, 0.2) is 0 Å². The van der Waals surface area contributed by atoms with Crippen LogP contribution in [0.25, 0.3) is 0 Å². The predicted molar refractivity (Wildman–Crippen MR) is 72.3 cm³/mol. The molecule has 0 fully saturated rings. The van der Waals surface area contributed by atoms with Crippen molar-refractivity contribution in [3.05, 3.63) is 35.8 Å². The number of hydrogen-bond acceptors (Lipinski definition) is 2. The van der Waals surface area contributed by atoms with Crippen LogP contribution in [0, 0.1) is 12.3 Å². The average molecular weight is 249 g/mol. The molecule has 0 amide bonds. The third-order valence-electron chi connectivity index (χ3n) is 2.64. The monoisotopic (exact) mass is 249 g/mol. The summed E-state index contributed by atoms with van der Waals surface area (Å²) in [4.78, 5) is 1.77. The zero-order valence-electron chi connectivity index (χ0n) is 11.2. The molecule has 2 nitrogen and oxygen atoms in total. The van der Waals surface area contributed by atoms with Crippen molar-refractivity contribution in [2.45, 2.75) is 38.8 Å². The van der Waals surface area contributed by atoms with E-state index in [1.165, 1.54) is 6.08 Å². The maximum atomic E-state index is 13.8. The van der Waals surface area contributed by atoms with E-state index in [0.29, 0.717) is 18.5 Å². The largest absolute Gasteiger partial charge is 0.389 e. The number of allylic oxidation sites excluding steroid dienone is 4. The fourth-order valence-electron chi connectivity index (χ4n) is 1.74. The summed E-state index contributed by atoms with van der Waals surface area (Å²) < 4.78 is 13.8. The van der Waals surface area contributed by atoms with Crippen LogP contribution in [0.5, 0.6) is 0 Å². The lowest BCUT2D eigenvalue weighted by atomic mass is 10.1.